The van der Waals surface area contributed by atoms with Gasteiger partial charge >= 0.3 is 6.09 Å². The van der Waals surface area contributed by atoms with Crippen LogP contribution in [0.4, 0.5) is 4.79 Å². The molecule has 124 valence electrons. The van der Waals surface area contributed by atoms with E-state index in [2.05, 4.69) is 19.1 Å². The molecule has 2 bridgehead atoms. The van der Waals surface area contributed by atoms with Crippen LogP contribution >= 0.6 is 11.6 Å². The maximum Gasteiger partial charge on any atom is 0.411 e. The van der Waals surface area contributed by atoms with Gasteiger partial charge in [-0.3, -0.25) is 4.90 Å². The highest BCUT2D eigenvalue weighted by atomic mass is 35.5. The van der Waals surface area contributed by atoms with Crippen LogP contribution in [-0.4, -0.2) is 28.7 Å². The van der Waals surface area contributed by atoms with E-state index in [9.17, 15) is 4.79 Å². The number of hydrogen-bond acceptors (Lipinski definition) is 2. The number of rotatable bonds is 1. The van der Waals surface area contributed by atoms with E-state index in [1.807, 2.05) is 37.8 Å². The molecular weight excluding hydrogens is 310 g/mol. The molecule has 1 fully saturated rings. The molecule has 0 N–H and O–H groups in total. The van der Waals surface area contributed by atoms with E-state index in [0.717, 1.165) is 29.8 Å². The van der Waals surface area contributed by atoms with Gasteiger partial charge in [-0.15, -0.1) is 0 Å². The zero-order valence-corrected chi connectivity index (χ0v) is 15.0. The van der Waals surface area contributed by atoms with Crippen molar-refractivity contribution in [2.75, 3.05) is 0 Å². The molecular formula is C19H24ClNO2. The Kier molecular flexibility index (Phi) is 4.18. The van der Waals surface area contributed by atoms with Gasteiger partial charge in [-0.2, -0.15) is 0 Å². The number of carbonyl (C=O) groups excluding carboxylic acids is 1. The monoisotopic (exact) mass is 333 g/mol. The van der Waals surface area contributed by atoms with E-state index < -0.39 is 5.60 Å². The summed E-state index contributed by atoms with van der Waals surface area (Å²) in [6, 6.07) is 6.40. The SMILES string of the molecule is Cc1c(Cl)cccc1C1=CC2CCC(C1)N2C(=O)OC(C)(C)C. The fourth-order valence-corrected chi connectivity index (χ4v) is 3.76. The van der Waals surface area contributed by atoms with Crippen LogP contribution in [0.1, 0.15) is 51.2 Å². The molecule has 2 atom stereocenters. The maximum absolute atomic E-state index is 12.5. The smallest absolute Gasteiger partial charge is 0.411 e. The van der Waals surface area contributed by atoms with E-state index in [0.29, 0.717) is 0 Å². The summed E-state index contributed by atoms with van der Waals surface area (Å²) < 4.78 is 5.58. The second kappa shape index (κ2) is 5.86. The van der Waals surface area contributed by atoms with E-state index in [1.165, 1.54) is 11.1 Å². The molecule has 1 aromatic rings. The van der Waals surface area contributed by atoms with E-state index >= 15 is 0 Å². The molecule has 0 spiro atoms. The maximum atomic E-state index is 12.5. The lowest BCUT2D eigenvalue weighted by Gasteiger charge is -2.35. The van der Waals surface area contributed by atoms with Crippen molar-refractivity contribution in [1.29, 1.82) is 0 Å². The van der Waals surface area contributed by atoms with Crippen LogP contribution in [0.3, 0.4) is 0 Å². The normalized spacial score (nSPS) is 23.7. The first-order valence-corrected chi connectivity index (χ1v) is 8.61. The lowest BCUT2D eigenvalue weighted by atomic mass is 9.92. The molecule has 4 heteroatoms. The zero-order valence-electron chi connectivity index (χ0n) is 14.2. The molecule has 2 unspecified atom stereocenters. The fraction of sp³-hybridized carbons (Fsp3) is 0.526. The highest BCUT2D eigenvalue weighted by molar-refractivity contribution is 6.31. The first kappa shape index (κ1) is 16.4. The van der Waals surface area contributed by atoms with Crippen LogP contribution in [0, 0.1) is 6.92 Å². The van der Waals surface area contributed by atoms with Crippen LogP contribution in [0.25, 0.3) is 5.57 Å². The van der Waals surface area contributed by atoms with Crippen LogP contribution in [-0.2, 0) is 4.74 Å². The van der Waals surface area contributed by atoms with Crippen LogP contribution in [0.2, 0.25) is 5.02 Å². The van der Waals surface area contributed by atoms with Gasteiger partial charge in [-0.05, 0) is 69.7 Å². The van der Waals surface area contributed by atoms with Gasteiger partial charge in [0.1, 0.15) is 5.60 Å². The Morgan fingerprint density at radius 1 is 1.30 bits per heavy atom. The fourth-order valence-electron chi connectivity index (χ4n) is 3.58. The number of ether oxygens (including phenoxy) is 1. The Labute approximate surface area is 143 Å². The summed E-state index contributed by atoms with van der Waals surface area (Å²) in [7, 11) is 0. The van der Waals surface area contributed by atoms with Gasteiger partial charge in [0.05, 0.1) is 6.04 Å². The molecule has 1 amide bonds. The largest absolute Gasteiger partial charge is 0.444 e. The van der Waals surface area contributed by atoms with E-state index in [4.69, 9.17) is 16.3 Å². The number of hydrogen-bond donors (Lipinski definition) is 0. The minimum absolute atomic E-state index is 0.136. The second-order valence-corrected chi connectivity index (χ2v) is 7.90. The van der Waals surface area contributed by atoms with Crippen molar-refractivity contribution < 1.29 is 9.53 Å². The Morgan fingerprint density at radius 2 is 2.04 bits per heavy atom. The predicted molar refractivity (Wildman–Crippen MR) is 93.7 cm³/mol. The van der Waals surface area contributed by atoms with Crippen molar-refractivity contribution in [1.82, 2.24) is 4.90 Å². The van der Waals surface area contributed by atoms with Crippen molar-refractivity contribution in [3.05, 3.63) is 40.4 Å². The van der Waals surface area contributed by atoms with Crippen molar-refractivity contribution in [2.24, 2.45) is 0 Å². The van der Waals surface area contributed by atoms with Gasteiger partial charge in [-0.1, -0.05) is 29.8 Å². The number of halogens is 1. The summed E-state index contributed by atoms with van der Waals surface area (Å²) >= 11 is 6.26. The average Bonchev–Trinajstić information content (AvgIpc) is 2.71. The van der Waals surface area contributed by atoms with Gasteiger partial charge in [0.2, 0.25) is 0 Å². The van der Waals surface area contributed by atoms with Crippen molar-refractivity contribution >= 4 is 23.3 Å². The Morgan fingerprint density at radius 3 is 2.70 bits per heavy atom. The first-order chi connectivity index (χ1) is 10.8. The topological polar surface area (TPSA) is 29.5 Å². The van der Waals surface area contributed by atoms with Crippen molar-refractivity contribution in [3.63, 3.8) is 0 Å². The molecule has 3 nitrogen and oxygen atoms in total. The minimum atomic E-state index is -0.454. The number of carbonyl (C=O) groups is 1. The number of benzene rings is 1. The molecule has 3 rings (SSSR count). The minimum Gasteiger partial charge on any atom is -0.444 e. The third-order valence-electron chi connectivity index (χ3n) is 4.61. The van der Waals surface area contributed by atoms with Gasteiger partial charge in [0, 0.05) is 11.1 Å². The lowest BCUT2D eigenvalue weighted by molar-refractivity contribution is 0.0175. The molecule has 2 aliphatic heterocycles. The Hall–Kier alpha value is -1.48. The molecule has 1 aromatic carbocycles. The van der Waals surface area contributed by atoms with Crippen molar-refractivity contribution in [3.8, 4) is 0 Å². The number of nitrogens with zero attached hydrogens (tertiary/aromatic N) is 1. The van der Waals surface area contributed by atoms with Gasteiger partial charge in [0.15, 0.2) is 0 Å². The average molecular weight is 334 g/mol. The summed E-state index contributed by atoms with van der Waals surface area (Å²) in [6.45, 7) is 7.79. The van der Waals surface area contributed by atoms with E-state index in [-0.39, 0.29) is 18.2 Å². The molecule has 0 aliphatic carbocycles. The predicted octanol–water partition coefficient (Wildman–Crippen LogP) is 5.20. The highest BCUT2D eigenvalue weighted by Gasteiger charge is 2.41. The molecule has 0 aromatic heterocycles. The van der Waals surface area contributed by atoms with Gasteiger partial charge < -0.3 is 4.74 Å². The van der Waals surface area contributed by atoms with Crippen LogP contribution < -0.4 is 0 Å². The summed E-state index contributed by atoms with van der Waals surface area (Å²) in [5, 5.41) is 0.797. The third kappa shape index (κ3) is 3.25. The summed E-state index contributed by atoms with van der Waals surface area (Å²) in [4.78, 5) is 14.4. The first-order valence-electron chi connectivity index (χ1n) is 8.24. The molecule has 0 radical (unpaired) electrons. The van der Waals surface area contributed by atoms with Crippen molar-refractivity contribution in [2.45, 2.75) is 64.6 Å². The van der Waals surface area contributed by atoms with Gasteiger partial charge in [0.25, 0.3) is 0 Å². The molecule has 1 saturated heterocycles. The highest BCUT2D eigenvalue weighted by Crippen LogP contribution is 2.40. The lowest BCUT2D eigenvalue weighted by Crippen LogP contribution is -2.45. The summed E-state index contributed by atoms with van der Waals surface area (Å²) in [5.41, 5.74) is 3.17. The Bertz CT molecular complexity index is 660. The van der Waals surface area contributed by atoms with E-state index in [1.54, 1.807) is 0 Å². The molecule has 23 heavy (non-hydrogen) atoms. The third-order valence-corrected chi connectivity index (χ3v) is 5.02. The molecule has 2 aliphatic rings. The molecule has 2 heterocycles. The summed E-state index contributed by atoms with van der Waals surface area (Å²) in [5.74, 6) is 0. The Balaban J connectivity index is 1.86. The number of amides is 1. The second-order valence-electron chi connectivity index (χ2n) is 7.49. The quantitative estimate of drug-likeness (QED) is 0.706. The van der Waals surface area contributed by atoms with Crippen LogP contribution in [0.15, 0.2) is 24.3 Å². The van der Waals surface area contributed by atoms with Crippen LogP contribution in [0.5, 0.6) is 0 Å². The molecule has 0 saturated carbocycles. The standard InChI is InChI=1S/C19H24ClNO2/c1-12-16(6-5-7-17(12)20)13-10-14-8-9-15(11-13)21(14)18(22)23-19(2,3)4/h5-7,10,14-15H,8-9,11H2,1-4H3. The summed E-state index contributed by atoms with van der Waals surface area (Å²) in [6.07, 6.45) is 4.95. The number of fused-ring (bicyclic) bond motifs is 2. The van der Waals surface area contributed by atoms with Gasteiger partial charge in [-0.25, -0.2) is 4.79 Å². The zero-order chi connectivity index (χ0) is 16.8.